The first kappa shape index (κ1) is 74.3. The van der Waals surface area contributed by atoms with E-state index >= 15 is 0 Å². The van der Waals surface area contributed by atoms with Crippen LogP contribution in [0.2, 0.25) is 0 Å². The third kappa shape index (κ3) is 24.7. The molecule has 5 nitrogen and oxygen atoms in total. The van der Waals surface area contributed by atoms with Crippen LogP contribution in [0.3, 0.4) is 0 Å². The van der Waals surface area contributed by atoms with Gasteiger partial charge in [-0.25, -0.2) is 0 Å². The van der Waals surface area contributed by atoms with E-state index in [-0.39, 0.29) is 7.43 Å². The van der Waals surface area contributed by atoms with E-state index in [0.717, 1.165) is 82.8 Å². The molecule has 2 saturated carbocycles. The van der Waals surface area contributed by atoms with E-state index in [1.807, 2.05) is 55.4 Å². The molecular weight excluding hydrogens is 827 g/mol. The minimum atomic E-state index is 0. The van der Waals surface area contributed by atoms with Gasteiger partial charge < -0.3 is 0 Å². The summed E-state index contributed by atoms with van der Waals surface area (Å²) in [6, 6.07) is 7.04. The summed E-state index contributed by atoms with van der Waals surface area (Å²) >= 11 is 0. The second-order valence-corrected chi connectivity index (χ2v) is 24.6. The molecule has 6 rings (SSSR count). The zero-order valence-electron chi connectivity index (χ0n) is 52.7. The fraction of sp³-hybridized carbons (Fsp3) is 1.00. The average Bonchev–Trinajstić information content (AvgIpc) is 3.82. The van der Waals surface area contributed by atoms with Gasteiger partial charge in [0.05, 0.1) is 0 Å². The maximum absolute atomic E-state index is 2.73. The number of rotatable bonds is 11. The highest BCUT2D eigenvalue weighted by molar-refractivity contribution is 5.07. The predicted molar refractivity (Wildman–Crippen MR) is 317 cm³/mol. The van der Waals surface area contributed by atoms with Crippen molar-refractivity contribution in [2.45, 2.75) is 339 Å². The first-order chi connectivity index (χ1) is 31.1. The molecule has 0 aromatic carbocycles. The molecule has 0 N–H and O–H groups in total. The third-order valence-electron chi connectivity index (χ3n) is 16.6. The number of likely N-dealkylation sites (tertiary alicyclic amines) is 4. The van der Waals surface area contributed by atoms with Gasteiger partial charge in [-0.3, -0.25) is 24.5 Å². The van der Waals surface area contributed by atoms with Crippen LogP contribution >= 0.6 is 0 Å². The molecular formula is C63H139N5. The number of hydrogen-bond acceptors (Lipinski definition) is 5. The monoisotopic (exact) mass is 966 g/mol. The molecule has 5 heteroatoms. The first-order valence-electron chi connectivity index (χ1n) is 29.9. The van der Waals surface area contributed by atoms with Gasteiger partial charge in [-0.15, -0.1) is 0 Å². The maximum Gasteiger partial charge on any atom is 0.0175 e. The van der Waals surface area contributed by atoms with Gasteiger partial charge in [0.1, 0.15) is 0 Å². The molecule has 2 aliphatic carbocycles. The van der Waals surface area contributed by atoms with Crippen LogP contribution in [0, 0.1) is 40.4 Å². The van der Waals surface area contributed by atoms with Gasteiger partial charge in [0.25, 0.3) is 0 Å². The summed E-state index contributed by atoms with van der Waals surface area (Å²) in [5, 5.41) is 0. The molecule has 4 heterocycles. The second kappa shape index (κ2) is 36.7. The topological polar surface area (TPSA) is 16.2 Å². The molecule has 6 aliphatic rings. The largest absolute Gasteiger partial charge is 0.299 e. The molecule has 0 bridgehead atoms. The Morgan fingerprint density at radius 3 is 0.794 bits per heavy atom. The van der Waals surface area contributed by atoms with Crippen molar-refractivity contribution in [3.8, 4) is 0 Å². The summed E-state index contributed by atoms with van der Waals surface area (Å²) in [4.78, 5) is 13.2. The van der Waals surface area contributed by atoms with Gasteiger partial charge in [-0.05, 0) is 208 Å². The molecule has 416 valence electrons. The van der Waals surface area contributed by atoms with Crippen molar-refractivity contribution in [1.29, 1.82) is 0 Å². The lowest BCUT2D eigenvalue weighted by molar-refractivity contribution is 0.0756. The average molecular weight is 967 g/mol. The summed E-state index contributed by atoms with van der Waals surface area (Å²) in [6.07, 6.45) is 14.6. The van der Waals surface area contributed by atoms with Crippen LogP contribution in [0.25, 0.3) is 0 Å². The molecule has 68 heavy (non-hydrogen) atoms. The summed E-state index contributed by atoms with van der Waals surface area (Å²) < 4.78 is 0. The molecule has 6 fully saturated rings. The molecule has 4 unspecified atom stereocenters. The van der Waals surface area contributed by atoms with Gasteiger partial charge in [0.15, 0.2) is 0 Å². The lowest BCUT2D eigenvalue weighted by atomic mass is 9.88. The van der Waals surface area contributed by atoms with Crippen molar-refractivity contribution in [3.63, 3.8) is 0 Å². The lowest BCUT2D eigenvalue weighted by Crippen LogP contribution is -2.48. The van der Waals surface area contributed by atoms with Crippen LogP contribution in [0.4, 0.5) is 0 Å². The van der Waals surface area contributed by atoms with E-state index in [1.54, 1.807) is 0 Å². The van der Waals surface area contributed by atoms with E-state index in [0.29, 0.717) is 17.5 Å². The van der Waals surface area contributed by atoms with E-state index in [1.165, 1.54) is 90.4 Å². The zero-order valence-corrected chi connectivity index (χ0v) is 52.7. The Bertz CT molecular complexity index is 994. The smallest absolute Gasteiger partial charge is 0.0175 e. The molecule has 4 atom stereocenters. The van der Waals surface area contributed by atoms with Crippen LogP contribution in [-0.4, -0.2) is 118 Å². The molecule has 0 amide bonds. The summed E-state index contributed by atoms with van der Waals surface area (Å²) in [5.41, 5.74) is 1.87. The van der Waals surface area contributed by atoms with E-state index in [2.05, 4.69) is 184 Å². The van der Waals surface area contributed by atoms with Crippen molar-refractivity contribution in [1.82, 2.24) is 24.5 Å². The quantitative estimate of drug-likeness (QED) is 0.204. The zero-order chi connectivity index (χ0) is 53.4. The summed E-state index contributed by atoms with van der Waals surface area (Å²) in [7, 11) is 2.20. The predicted octanol–water partition coefficient (Wildman–Crippen LogP) is 18.3. The Kier molecular flexibility index (Phi) is 40.1. The van der Waals surface area contributed by atoms with Crippen molar-refractivity contribution in [3.05, 3.63) is 0 Å². The van der Waals surface area contributed by atoms with Gasteiger partial charge >= 0.3 is 0 Å². The normalized spacial score (nSPS) is 23.7. The number of nitrogens with zero attached hydrogens (tertiary/aromatic N) is 5. The minimum absolute atomic E-state index is 0. The van der Waals surface area contributed by atoms with Crippen LogP contribution in [0.5, 0.6) is 0 Å². The number of hydrogen-bond donors (Lipinski definition) is 0. The van der Waals surface area contributed by atoms with Gasteiger partial charge in [0.2, 0.25) is 0 Å². The van der Waals surface area contributed by atoms with E-state index in [4.69, 9.17) is 0 Å². The Labute approximate surface area is 435 Å². The van der Waals surface area contributed by atoms with Crippen LogP contribution in [0.15, 0.2) is 0 Å². The minimum Gasteiger partial charge on any atom is -0.299 e. The van der Waals surface area contributed by atoms with E-state index in [9.17, 15) is 0 Å². The second-order valence-electron chi connectivity index (χ2n) is 24.6. The molecule has 2 spiro atoms. The molecule has 4 saturated heterocycles. The van der Waals surface area contributed by atoms with Crippen LogP contribution < -0.4 is 0 Å². The van der Waals surface area contributed by atoms with E-state index < -0.39 is 0 Å². The van der Waals surface area contributed by atoms with Crippen LogP contribution in [-0.2, 0) is 0 Å². The highest BCUT2D eigenvalue weighted by Crippen LogP contribution is 2.57. The Balaban J connectivity index is -0.000000362. The highest BCUT2D eigenvalue weighted by Gasteiger charge is 2.53. The van der Waals surface area contributed by atoms with Crippen molar-refractivity contribution in [2.75, 3.05) is 33.2 Å². The summed E-state index contributed by atoms with van der Waals surface area (Å²) in [6.45, 7) is 72.5. The Hall–Kier alpha value is -0.200. The Morgan fingerprint density at radius 2 is 0.662 bits per heavy atom. The molecule has 0 aromatic heterocycles. The van der Waals surface area contributed by atoms with Crippen LogP contribution in [0.1, 0.15) is 279 Å². The van der Waals surface area contributed by atoms with Crippen molar-refractivity contribution >= 4 is 0 Å². The summed E-state index contributed by atoms with van der Waals surface area (Å²) in [5.74, 6) is 4.04. The molecule has 4 aliphatic heterocycles. The van der Waals surface area contributed by atoms with Crippen molar-refractivity contribution < 1.29 is 0 Å². The maximum atomic E-state index is 2.73. The highest BCUT2D eigenvalue weighted by atomic mass is 15.2. The SMILES string of the molecule is C.CC.CC.CC.CC.CC(C)C1CC2(CC2)CN1C(C)C.CC(C)C1CC2(CC2)CN1C(C)C.CC(C)C1CCCN1C(C)C.CC(C)C1CCCN1C(C)C.CC(C)N(C)C(C)(C)C(C)C. The molecule has 0 radical (unpaired) electrons. The fourth-order valence-corrected chi connectivity index (χ4v) is 11.1. The molecule has 0 aromatic rings. The van der Waals surface area contributed by atoms with Gasteiger partial charge in [-0.2, -0.15) is 0 Å². The fourth-order valence-electron chi connectivity index (χ4n) is 11.1. The first-order valence-corrected chi connectivity index (χ1v) is 29.9. The van der Waals surface area contributed by atoms with Gasteiger partial charge in [-0.1, -0.05) is 132 Å². The third-order valence-corrected chi connectivity index (χ3v) is 16.6. The Morgan fingerprint density at radius 1 is 0.412 bits per heavy atom. The lowest BCUT2D eigenvalue weighted by Gasteiger charge is -2.41. The van der Waals surface area contributed by atoms with Crippen molar-refractivity contribution in [2.24, 2.45) is 40.4 Å². The standard InChI is InChI=1S/2C12H23N.2C10H21N.C10H23N.4C2H6.CH4/c2*1-9(2)11-7-12(5-6-12)8-13(11)10(3)4;2*1-8(2)10-6-5-7-11(10)9(3)4;1-8(2)10(5,6)11(7)9(3)4;4*1-2;/h2*9-11H,5-8H2,1-4H3;2*8-10H,5-7H2,1-4H3;8-9H,1-7H3;4*1-2H3;1H4. The van der Waals surface area contributed by atoms with Gasteiger partial charge in [0, 0.05) is 73.0 Å².